The Morgan fingerprint density at radius 2 is 2.06 bits per heavy atom. The summed E-state index contributed by atoms with van der Waals surface area (Å²) in [5.74, 6) is 1.16. The predicted molar refractivity (Wildman–Crippen MR) is 62.0 cm³/mol. The zero-order valence-corrected chi connectivity index (χ0v) is 9.01. The van der Waals surface area contributed by atoms with Crippen molar-refractivity contribution >= 4 is 17.6 Å². The highest BCUT2D eigenvalue weighted by molar-refractivity contribution is 6.03. The molecule has 0 fully saturated rings. The summed E-state index contributed by atoms with van der Waals surface area (Å²) in [4.78, 5) is 16.9. The largest absolute Gasteiger partial charge is 0.497 e. The van der Waals surface area contributed by atoms with Crippen LogP contribution in [0.15, 0.2) is 29.3 Å². The molecule has 16 heavy (non-hydrogen) atoms. The maximum absolute atomic E-state index is 11.6. The smallest absolute Gasteiger partial charge is 0.349 e. The van der Waals surface area contributed by atoms with E-state index in [-0.39, 0.29) is 6.03 Å². The van der Waals surface area contributed by atoms with E-state index in [9.17, 15) is 4.79 Å². The van der Waals surface area contributed by atoms with Gasteiger partial charge in [-0.3, -0.25) is 4.90 Å². The van der Waals surface area contributed by atoms with Gasteiger partial charge in [0.15, 0.2) is 0 Å². The first-order chi connectivity index (χ1) is 7.70. The highest BCUT2D eigenvalue weighted by Gasteiger charge is 2.19. The number of hydrogen-bond acceptors (Lipinski definition) is 3. The van der Waals surface area contributed by atoms with E-state index in [2.05, 4.69) is 4.99 Å². The third-order valence-corrected chi connectivity index (χ3v) is 2.45. The fourth-order valence-corrected chi connectivity index (χ4v) is 1.56. The topological polar surface area (TPSA) is 67.9 Å². The summed E-state index contributed by atoms with van der Waals surface area (Å²) in [6, 6.07) is 6.96. The number of amides is 2. The maximum Gasteiger partial charge on any atom is 0.349 e. The Labute approximate surface area is 93.5 Å². The number of nitrogens with zero attached hydrogens (tertiary/aromatic N) is 2. The van der Waals surface area contributed by atoms with Gasteiger partial charge in [-0.2, -0.15) is 4.99 Å². The Bertz CT molecular complexity index is 425. The molecule has 1 aliphatic rings. The van der Waals surface area contributed by atoms with Gasteiger partial charge in [-0.25, -0.2) is 4.79 Å². The Balaban J connectivity index is 2.21. The number of methoxy groups -OCH3 is 1. The molecule has 1 aromatic carbocycles. The molecule has 5 nitrogen and oxygen atoms in total. The van der Waals surface area contributed by atoms with Crippen LogP contribution in [-0.2, 0) is 0 Å². The molecule has 5 heteroatoms. The Morgan fingerprint density at radius 3 is 2.62 bits per heavy atom. The summed E-state index contributed by atoms with van der Waals surface area (Å²) in [7, 11) is 1.60. The number of ether oxygens (including phenoxy) is 1. The van der Waals surface area contributed by atoms with Crippen LogP contribution in [0, 0.1) is 0 Å². The molecule has 0 saturated carbocycles. The number of benzene rings is 1. The van der Waals surface area contributed by atoms with Gasteiger partial charge < -0.3 is 10.5 Å². The molecule has 0 spiro atoms. The lowest BCUT2D eigenvalue weighted by atomic mass is 10.2. The Hall–Kier alpha value is -2.04. The predicted octanol–water partition coefficient (Wildman–Crippen LogP) is 1.38. The molecular weight excluding hydrogens is 206 g/mol. The van der Waals surface area contributed by atoms with Crippen molar-refractivity contribution in [2.24, 2.45) is 10.7 Å². The lowest BCUT2D eigenvalue weighted by molar-refractivity contribution is 0.253. The zero-order valence-electron chi connectivity index (χ0n) is 9.01. The molecule has 1 heterocycles. The van der Waals surface area contributed by atoms with Gasteiger partial charge in [0, 0.05) is 18.7 Å². The molecule has 84 valence electrons. The van der Waals surface area contributed by atoms with Crippen molar-refractivity contribution in [3.63, 3.8) is 0 Å². The molecule has 0 unspecified atom stereocenters. The van der Waals surface area contributed by atoms with Crippen LogP contribution in [0.4, 0.5) is 10.5 Å². The van der Waals surface area contributed by atoms with E-state index in [1.165, 1.54) is 0 Å². The Kier molecular flexibility index (Phi) is 2.76. The van der Waals surface area contributed by atoms with Gasteiger partial charge in [-0.15, -0.1) is 0 Å². The highest BCUT2D eigenvalue weighted by atomic mass is 16.5. The normalized spacial score (nSPS) is 15.9. The summed E-state index contributed by atoms with van der Waals surface area (Å²) >= 11 is 0. The van der Waals surface area contributed by atoms with Gasteiger partial charge in [0.25, 0.3) is 0 Å². The fraction of sp³-hybridized carbons (Fsp3) is 0.273. The van der Waals surface area contributed by atoms with Crippen LogP contribution >= 0.6 is 0 Å². The first kappa shape index (κ1) is 10.5. The molecule has 0 saturated heterocycles. The number of hydrogen-bond donors (Lipinski definition) is 1. The summed E-state index contributed by atoms with van der Waals surface area (Å²) in [5.41, 5.74) is 6.30. The number of nitrogens with two attached hydrogens (primary N) is 1. The SMILES string of the molecule is COc1ccc(N2CCC(N)=NC2=O)cc1. The van der Waals surface area contributed by atoms with Crippen molar-refractivity contribution in [2.75, 3.05) is 18.6 Å². The van der Waals surface area contributed by atoms with E-state index in [0.29, 0.717) is 18.8 Å². The van der Waals surface area contributed by atoms with Crippen molar-refractivity contribution in [1.29, 1.82) is 0 Å². The molecule has 2 amide bonds. The van der Waals surface area contributed by atoms with Crippen LogP contribution in [0.2, 0.25) is 0 Å². The number of aliphatic imine (C=N–C) groups is 1. The summed E-state index contributed by atoms with van der Waals surface area (Å²) in [6.07, 6.45) is 0.609. The Morgan fingerprint density at radius 1 is 1.38 bits per heavy atom. The second-order valence-electron chi connectivity index (χ2n) is 3.49. The molecule has 0 aromatic heterocycles. The molecule has 1 aromatic rings. The number of carbonyl (C=O) groups is 1. The average Bonchev–Trinajstić information content (AvgIpc) is 2.29. The number of anilines is 1. The second kappa shape index (κ2) is 4.22. The number of rotatable bonds is 2. The van der Waals surface area contributed by atoms with Gasteiger partial charge in [0.05, 0.1) is 7.11 Å². The molecule has 2 N–H and O–H groups in total. The van der Waals surface area contributed by atoms with E-state index >= 15 is 0 Å². The van der Waals surface area contributed by atoms with Gasteiger partial charge in [0.1, 0.15) is 11.6 Å². The first-order valence-corrected chi connectivity index (χ1v) is 4.99. The van der Waals surface area contributed by atoms with Crippen LogP contribution in [0.1, 0.15) is 6.42 Å². The molecule has 1 aliphatic heterocycles. The summed E-state index contributed by atoms with van der Waals surface area (Å²) in [6.45, 7) is 0.570. The molecule has 2 rings (SSSR count). The minimum Gasteiger partial charge on any atom is -0.497 e. The highest BCUT2D eigenvalue weighted by Crippen LogP contribution is 2.21. The van der Waals surface area contributed by atoms with E-state index in [4.69, 9.17) is 10.5 Å². The molecule has 0 radical (unpaired) electrons. The summed E-state index contributed by atoms with van der Waals surface area (Å²) in [5, 5.41) is 0. The number of urea groups is 1. The van der Waals surface area contributed by atoms with Crippen LogP contribution in [0.25, 0.3) is 0 Å². The van der Waals surface area contributed by atoms with Crippen LogP contribution < -0.4 is 15.4 Å². The summed E-state index contributed by atoms with van der Waals surface area (Å²) < 4.78 is 5.05. The standard InChI is InChI=1S/C11H13N3O2/c1-16-9-4-2-8(3-5-9)14-7-6-10(12)13-11(14)15/h2-5H,6-7H2,1H3,(H2,12,13,15). The lowest BCUT2D eigenvalue weighted by Gasteiger charge is -2.24. The molecule has 0 atom stereocenters. The van der Waals surface area contributed by atoms with Gasteiger partial charge in [-0.1, -0.05) is 0 Å². The molecular formula is C11H13N3O2. The maximum atomic E-state index is 11.6. The van der Waals surface area contributed by atoms with E-state index in [1.807, 2.05) is 24.3 Å². The second-order valence-corrected chi connectivity index (χ2v) is 3.49. The first-order valence-electron chi connectivity index (χ1n) is 4.99. The van der Waals surface area contributed by atoms with Crippen LogP contribution in [0.5, 0.6) is 5.75 Å². The third kappa shape index (κ3) is 1.98. The minimum absolute atomic E-state index is 0.311. The average molecular weight is 219 g/mol. The van der Waals surface area contributed by atoms with Gasteiger partial charge in [-0.05, 0) is 24.3 Å². The van der Waals surface area contributed by atoms with E-state index in [1.54, 1.807) is 12.0 Å². The molecule has 0 bridgehead atoms. The van der Waals surface area contributed by atoms with Gasteiger partial charge in [0.2, 0.25) is 0 Å². The van der Waals surface area contributed by atoms with Gasteiger partial charge >= 0.3 is 6.03 Å². The zero-order chi connectivity index (χ0) is 11.5. The van der Waals surface area contributed by atoms with Crippen LogP contribution in [-0.4, -0.2) is 25.5 Å². The van der Waals surface area contributed by atoms with E-state index in [0.717, 1.165) is 11.4 Å². The van der Waals surface area contributed by atoms with Crippen molar-refractivity contribution in [2.45, 2.75) is 6.42 Å². The third-order valence-electron chi connectivity index (χ3n) is 2.45. The van der Waals surface area contributed by atoms with Crippen LogP contribution in [0.3, 0.4) is 0 Å². The minimum atomic E-state index is -0.311. The lowest BCUT2D eigenvalue weighted by Crippen LogP contribution is -2.37. The van der Waals surface area contributed by atoms with Crippen molar-refractivity contribution < 1.29 is 9.53 Å². The number of carbonyl (C=O) groups excluding carboxylic acids is 1. The van der Waals surface area contributed by atoms with E-state index < -0.39 is 0 Å². The quantitative estimate of drug-likeness (QED) is 0.817. The molecule has 0 aliphatic carbocycles. The number of amidine groups is 1. The fourth-order valence-electron chi connectivity index (χ4n) is 1.56. The van der Waals surface area contributed by atoms with Crippen molar-refractivity contribution in [3.8, 4) is 5.75 Å². The monoisotopic (exact) mass is 219 g/mol. The van der Waals surface area contributed by atoms with Crippen molar-refractivity contribution in [1.82, 2.24) is 0 Å². The van der Waals surface area contributed by atoms with Crippen molar-refractivity contribution in [3.05, 3.63) is 24.3 Å².